The Kier molecular flexibility index (Phi) is 2.77. The lowest BCUT2D eigenvalue weighted by Gasteiger charge is -2.04. The van der Waals surface area contributed by atoms with Crippen molar-refractivity contribution in [2.24, 2.45) is 0 Å². The van der Waals surface area contributed by atoms with Crippen LogP contribution in [-0.2, 0) is 0 Å². The van der Waals surface area contributed by atoms with Crippen molar-refractivity contribution in [1.82, 2.24) is 9.97 Å². The maximum Gasteiger partial charge on any atom is 0.191 e. The maximum absolute atomic E-state index is 5.41. The van der Waals surface area contributed by atoms with Gasteiger partial charge in [0, 0.05) is 24.4 Å². The summed E-state index contributed by atoms with van der Waals surface area (Å²) in [4.78, 5) is 8.77. The van der Waals surface area contributed by atoms with Crippen LogP contribution in [0.4, 0.5) is 0 Å². The minimum atomic E-state index is 0.453. The van der Waals surface area contributed by atoms with E-state index in [1.807, 2.05) is 32.2 Å². The van der Waals surface area contributed by atoms with E-state index in [0.29, 0.717) is 11.8 Å². The van der Waals surface area contributed by atoms with E-state index in [0.717, 1.165) is 22.7 Å². The van der Waals surface area contributed by atoms with Crippen LogP contribution in [0.5, 0.6) is 0 Å². The van der Waals surface area contributed by atoms with Gasteiger partial charge in [-0.05, 0) is 25.0 Å². The fraction of sp³-hybridized carbons (Fsp3) is 0.385. The van der Waals surface area contributed by atoms with Gasteiger partial charge in [-0.3, -0.25) is 4.98 Å². The van der Waals surface area contributed by atoms with Crippen LogP contribution in [0.2, 0.25) is 0 Å². The van der Waals surface area contributed by atoms with Crippen molar-refractivity contribution in [3.05, 3.63) is 35.7 Å². The minimum absolute atomic E-state index is 0.453. The number of nitrogens with zero attached hydrogens (tertiary/aromatic N) is 2. The quantitative estimate of drug-likeness (QED) is 0.771. The van der Waals surface area contributed by atoms with Crippen molar-refractivity contribution >= 4 is 0 Å². The third-order valence-electron chi connectivity index (χ3n) is 2.55. The molecule has 3 nitrogen and oxygen atoms in total. The van der Waals surface area contributed by atoms with Gasteiger partial charge in [-0.1, -0.05) is 13.8 Å². The Balaban J connectivity index is 2.38. The van der Waals surface area contributed by atoms with Crippen molar-refractivity contribution in [3.63, 3.8) is 0 Å². The third-order valence-corrected chi connectivity index (χ3v) is 2.55. The number of hydrogen-bond donors (Lipinski definition) is 0. The summed E-state index contributed by atoms with van der Waals surface area (Å²) >= 11 is 0. The molecule has 2 aromatic heterocycles. The highest BCUT2D eigenvalue weighted by Gasteiger charge is 2.09. The van der Waals surface area contributed by atoms with Gasteiger partial charge in [0.15, 0.2) is 5.89 Å². The SMILES string of the molecule is Cc1nc(-c2ccc(C(C)C)nc2)c(C)o1. The van der Waals surface area contributed by atoms with Crippen LogP contribution >= 0.6 is 0 Å². The lowest BCUT2D eigenvalue weighted by molar-refractivity contribution is 0.495. The Bertz CT molecular complexity index is 483. The fourth-order valence-corrected chi connectivity index (χ4v) is 1.68. The van der Waals surface area contributed by atoms with Crippen LogP contribution in [-0.4, -0.2) is 9.97 Å². The van der Waals surface area contributed by atoms with Crippen molar-refractivity contribution in [2.75, 3.05) is 0 Å². The Morgan fingerprint density at radius 1 is 1.19 bits per heavy atom. The topological polar surface area (TPSA) is 38.9 Å². The molecule has 2 rings (SSSR count). The van der Waals surface area contributed by atoms with Crippen LogP contribution in [0.15, 0.2) is 22.7 Å². The van der Waals surface area contributed by atoms with Gasteiger partial charge in [-0.25, -0.2) is 4.98 Å². The van der Waals surface area contributed by atoms with E-state index in [9.17, 15) is 0 Å². The summed E-state index contributed by atoms with van der Waals surface area (Å²) in [5.74, 6) is 1.99. The normalized spacial score (nSPS) is 11.1. The molecule has 0 unspecified atom stereocenters. The van der Waals surface area contributed by atoms with Gasteiger partial charge in [0.1, 0.15) is 11.5 Å². The van der Waals surface area contributed by atoms with Crippen molar-refractivity contribution in [3.8, 4) is 11.3 Å². The molecule has 0 aromatic carbocycles. The predicted molar refractivity (Wildman–Crippen MR) is 63.3 cm³/mol. The molecule has 0 saturated carbocycles. The summed E-state index contributed by atoms with van der Waals surface area (Å²) in [7, 11) is 0. The Morgan fingerprint density at radius 2 is 1.94 bits per heavy atom. The van der Waals surface area contributed by atoms with E-state index in [-0.39, 0.29) is 0 Å². The van der Waals surface area contributed by atoms with Gasteiger partial charge in [0.25, 0.3) is 0 Å². The Morgan fingerprint density at radius 3 is 2.38 bits per heavy atom. The highest BCUT2D eigenvalue weighted by Crippen LogP contribution is 2.23. The van der Waals surface area contributed by atoms with E-state index in [2.05, 4.69) is 23.8 Å². The minimum Gasteiger partial charge on any atom is -0.446 e. The van der Waals surface area contributed by atoms with E-state index in [1.165, 1.54) is 0 Å². The zero-order valence-corrected chi connectivity index (χ0v) is 10.1. The van der Waals surface area contributed by atoms with Crippen LogP contribution in [0.25, 0.3) is 11.3 Å². The highest BCUT2D eigenvalue weighted by molar-refractivity contribution is 5.59. The molecule has 0 fully saturated rings. The lowest BCUT2D eigenvalue weighted by atomic mass is 10.1. The van der Waals surface area contributed by atoms with Crippen LogP contribution < -0.4 is 0 Å². The molecule has 3 heteroatoms. The second-order valence-corrected chi connectivity index (χ2v) is 4.26. The van der Waals surface area contributed by atoms with E-state index < -0.39 is 0 Å². The summed E-state index contributed by atoms with van der Waals surface area (Å²) in [6.07, 6.45) is 1.86. The molecule has 0 bridgehead atoms. The summed E-state index contributed by atoms with van der Waals surface area (Å²) in [5.41, 5.74) is 3.00. The van der Waals surface area contributed by atoms with Gasteiger partial charge in [-0.2, -0.15) is 0 Å². The standard InChI is InChI=1S/C13H16N2O/c1-8(2)12-6-5-11(7-14-12)13-9(3)16-10(4)15-13/h5-8H,1-4H3. The molecule has 0 aliphatic rings. The zero-order valence-electron chi connectivity index (χ0n) is 10.1. The van der Waals surface area contributed by atoms with Crippen molar-refractivity contribution < 1.29 is 4.42 Å². The molecule has 0 N–H and O–H groups in total. The van der Waals surface area contributed by atoms with Gasteiger partial charge >= 0.3 is 0 Å². The van der Waals surface area contributed by atoms with Gasteiger partial charge in [0.05, 0.1) is 0 Å². The summed E-state index contributed by atoms with van der Waals surface area (Å²) in [5, 5.41) is 0. The second-order valence-electron chi connectivity index (χ2n) is 4.26. The fourth-order valence-electron chi connectivity index (χ4n) is 1.68. The van der Waals surface area contributed by atoms with Crippen molar-refractivity contribution in [2.45, 2.75) is 33.6 Å². The smallest absolute Gasteiger partial charge is 0.191 e. The molecule has 0 saturated heterocycles. The third kappa shape index (κ3) is 1.98. The first kappa shape index (κ1) is 10.9. The molecule has 0 radical (unpaired) electrons. The zero-order chi connectivity index (χ0) is 11.7. The van der Waals surface area contributed by atoms with E-state index >= 15 is 0 Å². The van der Waals surface area contributed by atoms with Crippen molar-refractivity contribution in [1.29, 1.82) is 0 Å². The highest BCUT2D eigenvalue weighted by atomic mass is 16.4. The molecule has 0 aliphatic heterocycles. The first-order valence-corrected chi connectivity index (χ1v) is 5.48. The van der Waals surface area contributed by atoms with Gasteiger partial charge < -0.3 is 4.42 Å². The molecular formula is C13H16N2O. The number of pyridine rings is 1. The first-order chi connectivity index (χ1) is 7.58. The molecule has 0 amide bonds. The Labute approximate surface area is 95.5 Å². The first-order valence-electron chi connectivity index (χ1n) is 5.48. The molecule has 0 spiro atoms. The lowest BCUT2D eigenvalue weighted by Crippen LogP contribution is -1.92. The number of hydrogen-bond acceptors (Lipinski definition) is 3. The predicted octanol–water partition coefficient (Wildman–Crippen LogP) is 3.48. The van der Waals surface area contributed by atoms with E-state index in [1.54, 1.807) is 0 Å². The molecule has 2 aromatic rings. The maximum atomic E-state index is 5.41. The second kappa shape index (κ2) is 4.08. The number of aromatic nitrogens is 2. The Hall–Kier alpha value is -1.64. The van der Waals surface area contributed by atoms with Crippen LogP contribution in [0.3, 0.4) is 0 Å². The van der Waals surface area contributed by atoms with E-state index in [4.69, 9.17) is 4.42 Å². The molecular weight excluding hydrogens is 200 g/mol. The number of aryl methyl sites for hydroxylation is 2. The number of rotatable bonds is 2. The molecule has 0 atom stereocenters. The molecule has 16 heavy (non-hydrogen) atoms. The van der Waals surface area contributed by atoms with Crippen LogP contribution in [0.1, 0.15) is 37.1 Å². The monoisotopic (exact) mass is 216 g/mol. The molecule has 2 heterocycles. The number of oxazole rings is 1. The summed E-state index contributed by atoms with van der Waals surface area (Å²) < 4.78 is 5.41. The molecule has 84 valence electrons. The average molecular weight is 216 g/mol. The molecule has 0 aliphatic carbocycles. The van der Waals surface area contributed by atoms with Gasteiger partial charge in [-0.15, -0.1) is 0 Å². The van der Waals surface area contributed by atoms with Crippen LogP contribution in [0, 0.1) is 13.8 Å². The largest absolute Gasteiger partial charge is 0.446 e. The summed E-state index contributed by atoms with van der Waals surface area (Å²) in [6.45, 7) is 8.04. The van der Waals surface area contributed by atoms with Gasteiger partial charge in [0.2, 0.25) is 0 Å². The average Bonchev–Trinajstić information content (AvgIpc) is 2.58. The summed E-state index contributed by atoms with van der Waals surface area (Å²) in [6, 6.07) is 4.09.